The van der Waals surface area contributed by atoms with E-state index in [2.05, 4.69) is 10.1 Å². The topological polar surface area (TPSA) is 56.8 Å². The summed E-state index contributed by atoms with van der Waals surface area (Å²) in [5.74, 6) is 0.896. The van der Waals surface area contributed by atoms with Crippen LogP contribution in [0, 0.1) is 0 Å². The quantitative estimate of drug-likeness (QED) is 0.625. The third-order valence-corrected chi connectivity index (χ3v) is 2.07. The standard InChI is InChI=1S/C12H15NO4/c1-15-9-4-5-10(11(8-9)16-2)13-7-6-12(14)17-3/h4-8,13H,1-3H3/b7-6+. The van der Waals surface area contributed by atoms with Crippen LogP contribution in [-0.4, -0.2) is 27.3 Å². The number of rotatable bonds is 5. The van der Waals surface area contributed by atoms with Gasteiger partial charge in [-0.1, -0.05) is 0 Å². The summed E-state index contributed by atoms with van der Waals surface area (Å²) >= 11 is 0. The second-order valence-electron chi connectivity index (χ2n) is 3.07. The summed E-state index contributed by atoms with van der Waals surface area (Å²) in [6.07, 6.45) is 2.76. The molecule has 92 valence electrons. The number of carbonyl (C=O) groups excluding carboxylic acids is 1. The van der Waals surface area contributed by atoms with E-state index >= 15 is 0 Å². The van der Waals surface area contributed by atoms with E-state index < -0.39 is 5.97 Å². The number of carbonyl (C=O) groups is 1. The van der Waals surface area contributed by atoms with Crippen molar-refractivity contribution in [1.82, 2.24) is 0 Å². The van der Waals surface area contributed by atoms with Crippen molar-refractivity contribution >= 4 is 11.7 Å². The lowest BCUT2D eigenvalue weighted by Crippen LogP contribution is -1.98. The van der Waals surface area contributed by atoms with Crippen LogP contribution in [0.1, 0.15) is 0 Å². The molecule has 0 aliphatic heterocycles. The molecule has 0 atom stereocenters. The van der Waals surface area contributed by atoms with Crippen LogP contribution in [0.5, 0.6) is 11.5 Å². The Morgan fingerprint density at radius 3 is 2.59 bits per heavy atom. The van der Waals surface area contributed by atoms with E-state index in [1.54, 1.807) is 32.4 Å². The van der Waals surface area contributed by atoms with E-state index in [9.17, 15) is 4.79 Å². The molecule has 0 spiro atoms. The van der Waals surface area contributed by atoms with Gasteiger partial charge < -0.3 is 19.5 Å². The van der Waals surface area contributed by atoms with Gasteiger partial charge in [-0.15, -0.1) is 0 Å². The molecule has 0 radical (unpaired) electrons. The second kappa shape index (κ2) is 6.42. The molecule has 0 fully saturated rings. The first-order chi connectivity index (χ1) is 8.21. The highest BCUT2D eigenvalue weighted by Gasteiger charge is 2.03. The first-order valence-electron chi connectivity index (χ1n) is 4.94. The summed E-state index contributed by atoms with van der Waals surface area (Å²) in [7, 11) is 4.46. The SMILES string of the molecule is COC(=O)/C=C/Nc1ccc(OC)cc1OC. The molecule has 0 heterocycles. The maximum atomic E-state index is 10.9. The predicted octanol–water partition coefficient (Wildman–Crippen LogP) is 1.80. The molecule has 5 nitrogen and oxygen atoms in total. The van der Waals surface area contributed by atoms with Gasteiger partial charge in [0, 0.05) is 18.3 Å². The Bertz CT molecular complexity index is 415. The van der Waals surface area contributed by atoms with Crippen molar-refractivity contribution in [2.75, 3.05) is 26.6 Å². The van der Waals surface area contributed by atoms with Crippen LogP contribution in [0.25, 0.3) is 0 Å². The average molecular weight is 237 g/mol. The van der Waals surface area contributed by atoms with Gasteiger partial charge in [0.25, 0.3) is 0 Å². The van der Waals surface area contributed by atoms with E-state index in [1.165, 1.54) is 19.4 Å². The molecule has 1 aromatic carbocycles. The third-order valence-electron chi connectivity index (χ3n) is 2.07. The molecule has 1 N–H and O–H groups in total. The summed E-state index contributed by atoms with van der Waals surface area (Å²) in [6.45, 7) is 0. The minimum atomic E-state index is -0.426. The van der Waals surface area contributed by atoms with Crippen molar-refractivity contribution in [2.24, 2.45) is 0 Å². The zero-order valence-corrected chi connectivity index (χ0v) is 10.0. The lowest BCUT2D eigenvalue weighted by molar-refractivity contribution is -0.134. The number of benzene rings is 1. The van der Waals surface area contributed by atoms with Crippen LogP contribution >= 0.6 is 0 Å². The summed E-state index contributed by atoms with van der Waals surface area (Å²) in [5, 5.41) is 2.92. The number of ether oxygens (including phenoxy) is 3. The van der Waals surface area contributed by atoms with Crippen molar-refractivity contribution in [1.29, 1.82) is 0 Å². The van der Waals surface area contributed by atoms with Crippen LogP contribution < -0.4 is 14.8 Å². The minimum absolute atomic E-state index is 0.426. The molecule has 0 saturated carbocycles. The molecule has 5 heteroatoms. The van der Waals surface area contributed by atoms with Gasteiger partial charge >= 0.3 is 5.97 Å². The van der Waals surface area contributed by atoms with E-state index in [1.807, 2.05) is 0 Å². The highest BCUT2D eigenvalue weighted by Crippen LogP contribution is 2.28. The summed E-state index contributed by atoms with van der Waals surface area (Å²) in [4.78, 5) is 10.9. The van der Waals surface area contributed by atoms with E-state index in [0.717, 1.165) is 5.69 Å². The molecule has 17 heavy (non-hydrogen) atoms. The fourth-order valence-electron chi connectivity index (χ4n) is 1.19. The number of anilines is 1. The largest absolute Gasteiger partial charge is 0.497 e. The molecule has 0 aliphatic rings. The number of esters is 1. The van der Waals surface area contributed by atoms with Crippen molar-refractivity contribution in [3.63, 3.8) is 0 Å². The van der Waals surface area contributed by atoms with Gasteiger partial charge in [-0.3, -0.25) is 0 Å². The Labute approximate surface area is 100.0 Å². The number of hydrogen-bond donors (Lipinski definition) is 1. The first-order valence-corrected chi connectivity index (χ1v) is 4.94. The first kappa shape index (κ1) is 12.9. The molecule has 0 aliphatic carbocycles. The van der Waals surface area contributed by atoms with Crippen molar-refractivity contribution in [2.45, 2.75) is 0 Å². The van der Waals surface area contributed by atoms with Crippen LogP contribution in [0.4, 0.5) is 5.69 Å². The molecule has 0 aromatic heterocycles. The molecule has 1 aromatic rings. The molecule has 0 unspecified atom stereocenters. The van der Waals surface area contributed by atoms with Gasteiger partial charge in [-0.2, -0.15) is 0 Å². The van der Waals surface area contributed by atoms with Gasteiger partial charge in [0.05, 0.1) is 27.0 Å². The number of hydrogen-bond acceptors (Lipinski definition) is 5. The van der Waals surface area contributed by atoms with Crippen LogP contribution in [0.3, 0.4) is 0 Å². The van der Waals surface area contributed by atoms with Crippen molar-refractivity contribution in [3.8, 4) is 11.5 Å². The zero-order valence-electron chi connectivity index (χ0n) is 10.0. The normalized spacial score (nSPS) is 10.1. The smallest absolute Gasteiger partial charge is 0.331 e. The molecule has 0 saturated heterocycles. The maximum Gasteiger partial charge on any atom is 0.331 e. The van der Waals surface area contributed by atoms with Gasteiger partial charge in [0.15, 0.2) is 0 Å². The van der Waals surface area contributed by atoms with Gasteiger partial charge in [0.2, 0.25) is 0 Å². The zero-order chi connectivity index (χ0) is 12.7. The Hall–Kier alpha value is -2.17. The fraction of sp³-hybridized carbons (Fsp3) is 0.250. The molecule has 0 amide bonds. The van der Waals surface area contributed by atoms with E-state index in [-0.39, 0.29) is 0 Å². The van der Waals surface area contributed by atoms with Crippen LogP contribution in [0.2, 0.25) is 0 Å². The predicted molar refractivity (Wildman–Crippen MR) is 64.3 cm³/mol. The minimum Gasteiger partial charge on any atom is -0.497 e. The average Bonchev–Trinajstić information content (AvgIpc) is 2.38. The lowest BCUT2D eigenvalue weighted by Gasteiger charge is -2.09. The second-order valence-corrected chi connectivity index (χ2v) is 3.07. The Morgan fingerprint density at radius 2 is 2.00 bits per heavy atom. The Balaban J connectivity index is 2.77. The van der Waals surface area contributed by atoms with E-state index in [0.29, 0.717) is 11.5 Å². The maximum absolute atomic E-state index is 10.9. The number of methoxy groups -OCH3 is 3. The van der Waals surface area contributed by atoms with Crippen LogP contribution in [0.15, 0.2) is 30.5 Å². The van der Waals surface area contributed by atoms with Crippen molar-refractivity contribution in [3.05, 3.63) is 30.5 Å². The molecule has 1 rings (SSSR count). The van der Waals surface area contributed by atoms with Gasteiger partial charge in [-0.05, 0) is 12.1 Å². The lowest BCUT2D eigenvalue weighted by atomic mass is 10.2. The van der Waals surface area contributed by atoms with Gasteiger partial charge in [-0.25, -0.2) is 4.79 Å². The Morgan fingerprint density at radius 1 is 1.24 bits per heavy atom. The van der Waals surface area contributed by atoms with Crippen LogP contribution in [-0.2, 0) is 9.53 Å². The summed E-state index contributed by atoms with van der Waals surface area (Å²) in [6, 6.07) is 5.32. The third kappa shape index (κ3) is 3.71. The molecule has 0 bridgehead atoms. The summed E-state index contributed by atoms with van der Waals surface area (Å²) in [5.41, 5.74) is 0.730. The van der Waals surface area contributed by atoms with E-state index in [4.69, 9.17) is 9.47 Å². The highest BCUT2D eigenvalue weighted by atomic mass is 16.5. The monoisotopic (exact) mass is 237 g/mol. The summed E-state index contributed by atoms with van der Waals surface area (Å²) < 4.78 is 14.7. The molecular weight excluding hydrogens is 222 g/mol. The Kier molecular flexibility index (Phi) is 4.87. The number of nitrogens with one attached hydrogen (secondary N) is 1. The fourth-order valence-corrected chi connectivity index (χ4v) is 1.19. The molecular formula is C12H15NO4. The van der Waals surface area contributed by atoms with Gasteiger partial charge in [0.1, 0.15) is 11.5 Å². The highest BCUT2D eigenvalue weighted by molar-refractivity contribution is 5.82. The van der Waals surface area contributed by atoms with Crippen molar-refractivity contribution < 1.29 is 19.0 Å².